The Bertz CT molecular complexity index is 871. The fourth-order valence-corrected chi connectivity index (χ4v) is 2.52. The number of nitrogens with zero attached hydrogens (tertiary/aromatic N) is 2. The van der Waals surface area contributed by atoms with Gasteiger partial charge in [0.25, 0.3) is 5.56 Å². The summed E-state index contributed by atoms with van der Waals surface area (Å²) < 4.78 is 5.11. The molecule has 3 rings (SSSR count). The number of benzene rings is 1. The Labute approximate surface area is 122 Å². The van der Waals surface area contributed by atoms with Crippen LogP contribution in [0.5, 0.6) is 5.75 Å². The van der Waals surface area contributed by atoms with Crippen molar-refractivity contribution in [3.8, 4) is 17.1 Å². The first-order valence-corrected chi connectivity index (χ1v) is 6.83. The van der Waals surface area contributed by atoms with Gasteiger partial charge in [-0.1, -0.05) is 0 Å². The summed E-state index contributed by atoms with van der Waals surface area (Å²) in [6.45, 7) is 0. The number of carbonyl (C=O) groups is 1. The molecule has 0 saturated carbocycles. The molecule has 0 bridgehead atoms. The van der Waals surface area contributed by atoms with Crippen molar-refractivity contribution in [2.75, 3.05) is 12.4 Å². The Morgan fingerprint density at radius 1 is 1.38 bits per heavy atom. The Morgan fingerprint density at radius 2 is 2.24 bits per heavy atom. The predicted octanol–water partition coefficient (Wildman–Crippen LogP) is 1.62. The number of fused-ring (bicyclic) bond motifs is 1. The average molecular weight is 302 g/mol. The zero-order valence-electron chi connectivity index (χ0n) is 10.9. The van der Waals surface area contributed by atoms with E-state index in [2.05, 4.69) is 20.3 Å². The predicted molar refractivity (Wildman–Crippen MR) is 79.7 cm³/mol. The molecule has 21 heavy (non-hydrogen) atoms. The van der Waals surface area contributed by atoms with Crippen molar-refractivity contribution in [2.45, 2.75) is 0 Å². The number of methoxy groups -OCH3 is 1. The number of anilines is 1. The Morgan fingerprint density at radius 3 is 3.00 bits per heavy atom. The summed E-state index contributed by atoms with van der Waals surface area (Å²) in [6, 6.07) is 5.22. The Kier molecular flexibility index (Phi) is 3.36. The largest absolute Gasteiger partial charge is 0.497 e. The maximum Gasteiger partial charge on any atom is 0.276 e. The number of aromatic amines is 1. The van der Waals surface area contributed by atoms with Crippen LogP contribution in [0.15, 0.2) is 28.4 Å². The van der Waals surface area contributed by atoms with Crippen LogP contribution in [0.4, 0.5) is 5.13 Å². The van der Waals surface area contributed by atoms with Gasteiger partial charge in [-0.25, -0.2) is 9.97 Å². The highest BCUT2D eigenvalue weighted by Crippen LogP contribution is 2.23. The second-order valence-electron chi connectivity index (χ2n) is 4.10. The number of amides is 1. The molecule has 2 N–H and O–H groups in total. The third kappa shape index (κ3) is 2.48. The molecule has 106 valence electrons. The summed E-state index contributed by atoms with van der Waals surface area (Å²) in [5.41, 5.74) is 1.50. The molecule has 2 heterocycles. The van der Waals surface area contributed by atoms with Crippen molar-refractivity contribution in [1.29, 1.82) is 0 Å². The van der Waals surface area contributed by atoms with Crippen LogP contribution in [0.1, 0.15) is 0 Å². The van der Waals surface area contributed by atoms with Gasteiger partial charge in [0.05, 0.1) is 18.1 Å². The molecule has 0 saturated heterocycles. The minimum atomic E-state index is -0.348. The lowest BCUT2D eigenvalue weighted by atomic mass is 10.2. The minimum absolute atomic E-state index is 0.211. The zero-order chi connectivity index (χ0) is 14.8. The molecule has 1 aromatic carbocycles. The number of aromatic nitrogens is 3. The van der Waals surface area contributed by atoms with Crippen LogP contribution in [0.2, 0.25) is 0 Å². The molecule has 0 aliphatic carbocycles. The fourth-order valence-electron chi connectivity index (χ4n) is 1.87. The number of nitrogens with one attached hydrogen (secondary N) is 2. The van der Waals surface area contributed by atoms with Crippen molar-refractivity contribution >= 4 is 33.9 Å². The van der Waals surface area contributed by atoms with E-state index in [-0.39, 0.29) is 11.3 Å². The molecule has 1 amide bonds. The smallest absolute Gasteiger partial charge is 0.276 e. The fraction of sp³-hybridized carbons (Fsp3) is 0.0769. The number of H-pyrrole nitrogens is 1. The second kappa shape index (κ2) is 5.33. The second-order valence-corrected chi connectivity index (χ2v) is 4.96. The van der Waals surface area contributed by atoms with Crippen LogP contribution < -0.4 is 15.6 Å². The van der Waals surface area contributed by atoms with Crippen molar-refractivity contribution in [3.05, 3.63) is 33.9 Å². The van der Waals surface area contributed by atoms with E-state index in [1.165, 1.54) is 11.3 Å². The third-order valence-electron chi connectivity index (χ3n) is 2.83. The lowest BCUT2D eigenvalue weighted by Crippen LogP contribution is -2.11. The van der Waals surface area contributed by atoms with Gasteiger partial charge in [0.15, 0.2) is 10.8 Å². The normalized spacial score (nSPS) is 10.5. The number of rotatable bonds is 4. The summed E-state index contributed by atoms with van der Waals surface area (Å²) in [5, 5.41) is 4.52. The lowest BCUT2D eigenvalue weighted by molar-refractivity contribution is -0.105. The number of carbonyl (C=O) groups excluding carboxylic acids is 1. The van der Waals surface area contributed by atoms with Crippen LogP contribution in [-0.4, -0.2) is 28.5 Å². The van der Waals surface area contributed by atoms with Gasteiger partial charge in [-0.15, -0.1) is 11.3 Å². The van der Waals surface area contributed by atoms with E-state index < -0.39 is 0 Å². The van der Waals surface area contributed by atoms with Gasteiger partial charge < -0.3 is 15.0 Å². The average Bonchev–Trinajstić information content (AvgIpc) is 2.94. The van der Waals surface area contributed by atoms with Crippen LogP contribution >= 0.6 is 11.3 Å². The summed E-state index contributed by atoms with van der Waals surface area (Å²) >= 11 is 1.22. The van der Waals surface area contributed by atoms with Gasteiger partial charge in [0.2, 0.25) is 6.41 Å². The third-order valence-corrected chi connectivity index (χ3v) is 3.60. The van der Waals surface area contributed by atoms with Gasteiger partial charge in [-0.2, -0.15) is 0 Å². The highest BCUT2D eigenvalue weighted by molar-refractivity contribution is 7.14. The number of thiazole rings is 1. The molecule has 0 aliphatic heterocycles. The summed E-state index contributed by atoms with van der Waals surface area (Å²) in [5.74, 6) is 0.638. The van der Waals surface area contributed by atoms with E-state index in [4.69, 9.17) is 4.74 Å². The van der Waals surface area contributed by atoms with E-state index >= 15 is 0 Å². The van der Waals surface area contributed by atoms with Gasteiger partial charge in [-0.3, -0.25) is 9.59 Å². The first-order chi connectivity index (χ1) is 10.2. The highest BCUT2D eigenvalue weighted by Gasteiger charge is 2.11. The number of ether oxygens (including phenoxy) is 1. The number of hydrogen-bond acceptors (Lipinski definition) is 6. The van der Waals surface area contributed by atoms with Crippen LogP contribution in [0.25, 0.3) is 22.4 Å². The SMILES string of the molecule is COc1ccc2nc(-c3csc(NC=O)n3)c(=O)[nH]c2c1. The highest BCUT2D eigenvalue weighted by atomic mass is 32.1. The quantitative estimate of drug-likeness (QED) is 0.714. The van der Waals surface area contributed by atoms with Crippen LogP contribution in [0.3, 0.4) is 0 Å². The maximum absolute atomic E-state index is 12.1. The molecule has 3 aromatic rings. The molecule has 0 radical (unpaired) electrons. The molecule has 8 heteroatoms. The molecule has 0 spiro atoms. The van der Waals surface area contributed by atoms with E-state index in [9.17, 15) is 9.59 Å². The molecular formula is C13H10N4O3S. The summed E-state index contributed by atoms with van der Waals surface area (Å²) in [6.07, 6.45) is 0.535. The molecule has 0 fully saturated rings. The minimum Gasteiger partial charge on any atom is -0.497 e. The van der Waals surface area contributed by atoms with Crippen molar-refractivity contribution in [3.63, 3.8) is 0 Å². The first kappa shape index (κ1) is 13.3. The number of hydrogen-bond donors (Lipinski definition) is 2. The van der Waals surface area contributed by atoms with Crippen molar-refractivity contribution in [1.82, 2.24) is 15.0 Å². The van der Waals surface area contributed by atoms with Gasteiger partial charge >= 0.3 is 0 Å². The molecule has 0 unspecified atom stereocenters. The zero-order valence-corrected chi connectivity index (χ0v) is 11.7. The van der Waals surface area contributed by atoms with Gasteiger partial charge in [0.1, 0.15) is 11.4 Å². The Hall–Kier alpha value is -2.74. The molecule has 2 aromatic heterocycles. The topological polar surface area (TPSA) is 97.0 Å². The molecule has 7 nitrogen and oxygen atoms in total. The van der Waals surface area contributed by atoms with E-state index in [1.807, 2.05) is 0 Å². The molecule has 0 atom stereocenters. The maximum atomic E-state index is 12.1. The van der Waals surface area contributed by atoms with Gasteiger partial charge in [-0.05, 0) is 12.1 Å². The molecular weight excluding hydrogens is 292 g/mol. The van der Waals surface area contributed by atoms with E-state index in [1.54, 1.807) is 30.7 Å². The lowest BCUT2D eigenvalue weighted by Gasteiger charge is -2.03. The molecule has 0 aliphatic rings. The van der Waals surface area contributed by atoms with Crippen LogP contribution in [-0.2, 0) is 4.79 Å². The summed E-state index contributed by atoms with van der Waals surface area (Å²) in [7, 11) is 1.55. The van der Waals surface area contributed by atoms with E-state index in [0.717, 1.165) is 0 Å². The van der Waals surface area contributed by atoms with Gasteiger partial charge in [0, 0.05) is 11.4 Å². The van der Waals surface area contributed by atoms with Crippen molar-refractivity contribution in [2.24, 2.45) is 0 Å². The van der Waals surface area contributed by atoms with Crippen molar-refractivity contribution < 1.29 is 9.53 Å². The standard InChI is InChI=1S/C13H10N4O3S/c1-20-7-2-3-8-9(4-7)16-12(19)11(15-8)10-5-21-13(17-10)14-6-18/h2-6H,1H3,(H,16,19)(H,14,17,18). The summed E-state index contributed by atoms with van der Waals surface area (Å²) in [4.78, 5) is 33.7. The first-order valence-electron chi connectivity index (χ1n) is 5.95. The Balaban J connectivity index is 2.11. The van der Waals surface area contributed by atoms with E-state index in [0.29, 0.717) is 34.0 Å². The monoisotopic (exact) mass is 302 g/mol. The van der Waals surface area contributed by atoms with Crippen LogP contribution in [0, 0.1) is 0 Å².